The summed E-state index contributed by atoms with van der Waals surface area (Å²) in [6.45, 7) is 0.359. The van der Waals surface area contributed by atoms with E-state index < -0.39 is 9.84 Å². The quantitative estimate of drug-likeness (QED) is 0.856. The fraction of sp³-hybridized carbons (Fsp3) is 0.200. The Labute approximate surface area is 129 Å². The molecule has 112 valence electrons. The van der Waals surface area contributed by atoms with Gasteiger partial charge < -0.3 is 10.5 Å². The van der Waals surface area contributed by atoms with Crippen LogP contribution in [-0.4, -0.2) is 20.9 Å². The molecule has 21 heavy (non-hydrogen) atoms. The van der Waals surface area contributed by atoms with Gasteiger partial charge in [0.1, 0.15) is 11.5 Å². The molecule has 4 nitrogen and oxygen atoms in total. The Morgan fingerprint density at radius 2 is 1.90 bits per heavy atom. The summed E-state index contributed by atoms with van der Waals surface area (Å²) >= 11 is 1.60. The molecule has 0 unspecified atom stereocenters. The third-order valence-electron chi connectivity index (χ3n) is 2.98. The van der Waals surface area contributed by atoms with E-state index in [1.807, 2.05) is 24.5 Å². The summed E-state index contributed by atoms with van der Waals surface area (Å²) in [5.74, 6) is 1.13. The van der Waals surface area contributed by atoms with E-state index in [1.165, 1.54) is 12.3 Å². The lowest BCUT2D eigenvalue weighted by atomic mass is 10.2. The maximum atomic E-state index is 11.6. The van der Waals surface area contributed by atoms with E-state index in [0.717, 1.165) is 10.5 Å². The zero-order valence-electron chi connectivity index (χ0n) is 11.9. The van der Waals surface area contributed by atoms with Gasteiger partial charge >= 0.3 is 0 Å². The summed E-state index contributed by atoms with van der Waals surface area (Å²) < 4.78 is 29.0. The third kappa shape index (κ3) is 3.78. The van der Waals surface area contributed by atoms with Gasteiger partial charge in [0.25, 0.3) is 0 Å². The van der Waals surface area contributed by atoms with Crippen molar-refractivity contribution in [1.82, 2.24) is 0 Å². The Balaban J connectivity index is 2.39. The third-order valence-corrected chi connectivity index (χ3v) is 4.91. The predicted molar refractivity (Wildman–Crippen MR) is 85.7 cm³/mol. The van der Waals surface area contributed by atoms with Gasteiger partial charge in [0.15, 0.2) is 9.84 Å². The maximum absolute atomic E-state index is 11.6. The minimum atomic E-state index is -3.25. The Kier molecular flexibility index (Phi) is 4.92. The molecular weight excluding hydrogens is 306 g/mol. The van der Waals surface area contributed by atoms with Crippen LogP contribution in [0.25, 0.3) is 0 Å². The molecule has 0 amide bonds. The second kappa shape index (κ2) is 6.51. The maximum Gasteiger partial charge on any atom is 0.175 e. The van der Waals surface area contributed by atoms with Crippen LogP contribution in [0.15, 0.2) is 52.3 Å². The fourth-order valence-electron chi connectivity index (χ4n) is 1.93. The number of hydrogen-bond acceptors (Lipinski definition) is 5. The van der Waals surface area contributed by atoms with Gasteiger partial charge in [-0.05, 0) is 36.6 Å². The number of ether oxygens (including phenoxy) is 1. The molecule has 0 radical (unpaired) electrons. The second-order valence-electron chi connectivity index (χ2n) is 4.49. The van der Waals surface area contributed by atoms with E-state index in [-0.39, 0.29) is 4.90 Å². The highest BCUT2D eigenvalue weighted by molar-refractivity contribution is 7.98. The Hall–Kier alpha value is -1.50. The molecule has 0 aliphatic rings. The number of rotatable bonds is 5. The first kappa shape index (κ1) is 15.9. The first-order valence-electron chi connectivity index (χ1n) is 6.29. The minimum Gasteiger partial charge on any atom is -0.457 e. The number of benzene rings is 2. The highest BCUT2D eigenvalue weighted by atomic mass is 32.2. The van der Waals surface area contributed by atoms with E-state index >= 15 is 0 Å². The molecule has 0 fully saturated rings. The molecular formula is C15H17NO3S2. The van der Waals surface area contributed by atoms with Crippen LogP contribution in [0.1, 0.15) is 5.56 Å². The van der Waals surface area contributed by atoms with E-state index in [4.69, 9.17) is 10.5 Å². The van der Waals surface area contributed by atoms with Crippen molar-refractivity contribution in [1.29, 1.82) is 0 Å². The van der Waals surface area contributed by atoms with Crippen molar-refractivity contribution in [2.45, 2.75) is 16.3 Å². The van der Waals surface area contributed by atoms with Gasteiger partial charge in [-0.2, -0.15) is 0 Å². The SMILES string of the molecule is CSc1cccc(Oc2cccc(S(C)(=O)=O)c2)c1CN. The average molecular weight is 323 g/mol. The number of sulfone groups is 1. The summed E-state index contributed by atoms with van der Waals surface area (Å²) in [5, 5.41) is 0. The van der Waals surface area contributed by atoms with Crippen LogP contribution in [0.2, 0.25) is 0 Å². The molecule has 0 heterocycles. The van der Waals surface area contributed by atoms with Crippen LogP contribution in [-0.2, 0) is 16.4 Å². The molecule has 2 aromatic rings. The highest BCUT2D eigenvalue weighted by Crippen LogP contribution is 2.32. The summed E-state index contributed by atoms with van der Waals surface area (Å²) in [7, 11) is -3.25. The van der Waals surface area contributed by atoms with Crippen LogP contribution in [0.3, 0.4) is 0 Å². The number of hydrogen-bond donors (Lipinski definition) is 1. The largest absolute Gasteiger partial charge is 0.457 e. The smallest absolute Gasteiger partial charge is 0.175 e. The van der Waals surface area contributed by atoms with Gasteiger partial charge in [-0.25, -0.2) is 8.42 Å². The lowest BCUT2D eigenvalue weighted by molar-refractivity contribution is 0.472. The summed E-state index contributed by atoms with van der Waals surface area (Å²) in [4.78, 5) is 1.28. The van der Waals surface area contributed by atoms with Crippen LogP contribution in [0, 0.1) is 0 Å². The van der Waals surface area contributed by atoms with Crippen molar-refractivity contribution in [2.24, 2.45) is 5.73 Å². The van der Waals surface area contributed by atoms with Gasteiger partial charge in [-0.15, -0.1) is 11.8 Å². The fourth-order valence-corrected chi connectivity index (χ4v) is 3.23. The van der Waals surface area contributed by atoms with Crippen molar-refractivity contribution in [3.63, 3.8) is 0 Å². The van der Waals surface area contributed by atoms with Crippen LogP contribution >= 0.6 is 11.8 Å². The minimum absolute atomic E-state index is 0.232. The Morgan fingerprint density at radius 1 is 1.19 bits per heavy atom. The molecule has 0 aliphatic carbocycles. The van der Waals surface area contributed by atoms with Crippen molar-refractivity contribution in [2.75, 3.05) is 12.5 Å². The Bertz CT molecular complexity index is 742. The van der Waals surface area contributed by atoms with Crippen LogP contribution < -0.4 is 10.5 Å². The molecule has 2 N–H and O–H groups in total. The zero-order valence-corrected chi connectivity index (χ0v) is 13.5. The summed E-state index contributed by atoms with van der Waals surface area (Å²) in [5.41, 5.74) is 6.70. The van der Waals surface area contributed by atoms with Crippen LogP contribution in [0.4, 0.5) is 0 Å². The van der Waals surface area contributed by atoms with Crippen molar-refractivity contribution >= 4 is 21.6 Å². The zero-order chi connectivity index (χ0) is 15.5. The van der Waals surface area contributed by atoms with Crippen molar-refractivity contribution < 1.29 is 13.2 Å². The van der Waals surface area contributed by atoms with E-state index in [1.54, 1.807) is 30.0 Å². The molecule has 0 aromatic heterocycles. The molecule has 0 saturated heterocycles. The molecule has 0 aliphatic heterocycles. The van der Waals surface area contributed by atoms with E-state index in [2.05, 4.69) is 0 Å². The molecule has 0 atom stereocenters. The second-order valence-corrected chi connectivity index (χ2v) is 7.35. The topological polar surface area (TPSA) is 69.4 Å². The van der Waals surface area contributed by atoms with Gasteiger partial charge in [0, 0.05) is 23.3 Å². The first-order chi connectivity index (χ1) is 9.95. The van der Waals surface area contributed by atoms with E-state index in [0.29, 0.717) is 18.0 Å². The molecule has 0 saturated carbocycles. The summed E-state index contributed by atoms with van der Waals surface area (Å²) in [6, 6.07) is 12.1. The molecule has 6 heteroatoms. The monoisotopic (exact) mass is 323 g/mol. The highest BCUT2D eigenvalue weighted by Gasteiger charge is 2.11. The van der Waals surface area contributed by atoms with Gasteiger partial charge in [-0.3, -0.25) is 0 Å². The normalized spacial score (nSPS) is 11.4. The first-order valence-corrected chi connectivity index (χ1v) is 9.41. The summed E-state index contributed by atoms with van der Waals surface area (Å²) in [6.07, 6.45) is 3.15. The average Bonchev–Trinajstić information content (AvgIpc) is 2.46. The standard InChI is InChI=1S/C15H17NO3S2/c1-20-15-8-4-7-14(13(15)10-16)19-11-5-3-6-12(9-11)21(2,17)18/h3-9H,10,16H2,1-2H3. The molecule has 2 aromatic carbocycles. The van der Waals surface area contributed by atoms with Crippen LogP contribution in [0.5, 0.6) is 11.5 Å². The molecule has 0 spiro atoms. The van der Waals surface area contributed by atoms with Crippen molar-refractivity contribution in [3.05, 3.63) is 48.0 Å². The number of nitrogens with two attached hydrogens (primary N) is 1. The Morgan fingerprint density at radius 3 is 2.52 bits per heavy atom. The van der Waals surface area contributed by atoms with Crippen molar-refractivity contribution in [3.8, 4) is 11.5 Å². The van der Waals surface area contributed by atoms with Gasteiger partial charge in [0.05, 0.1) is 4.90 Å². The number of thioether (sulfide) groups is 1. The molecule has 0 bridgehead atoms. The molecule has 2 rings (SSSR count). The lowest BCUT2D eigenvalue weighted by Crippen LogP contribution is -2.02. The van der Waals surface area contributed by atoms with Gasteiger partial charge in [0.2, 0.25) is 0 Å². The van der Waals surface area contributed by atoms with Gasteiger partial charge in [-0.1, -0.05) is 12.1 Å². The van der Waals surface area contributed by atoms with E-state index in [9.17, 15) is 8.42 Å². The predicted octanol–water partition coefficient (Wildman–Crippen LogP) is 3.06. The lowest BCUT2D eigenvalue weighted by Gasteiger charge is -2.13.